The highest BCUT2D eigenvalue weighted by Crippen LogP contribution is 2.41. The minimum atomic E-state index is -3.82. The molecule has 0 fully saturated rings. The molecule has 0 saturated heterocycles. The van der Waals surface area contributed by atoms with Gasteiger partial charge >= 0.3 is 7.60 Å². The number of hydrogen-bond donors (Lipinski definition) is 3. The molecule has 3 atom stereocenters. The van der Waals surface area contributed by atoms with Crippen molar-refractivity contribution in [3.8, 4) is 11.1 Å². The molecule has 0 saturated carbocycles. The molecular weight excluding hydrogens is 521 g/mol. The molecule has 4 aromatic carbocycles. The summed E-state index contributed by atoms with van der Waals surface area (Å²) in [6.45, 7) is 8.71. The summed E-state index contributed by atoms with van der Waals surface area (Å²) in [5, 5.41) is 16.9. The molecule has 0 bridgehead atoms. The Kier molecular flexibility index (Phi) is 9.96. The van der Waals surface area contributed by atoms with Crippen molar-refractivity contribution in [2.45, 2.75) is 51.9 Å². The van der Waals surface area contributed by atoms with Crippen LogP contribution < -0.4 is 10.6 Å². The molecule has 0 aliphatic rings. The maximum absolute atomic E-state index is 12.3. The van der Waals surface area contributed by atoms with Gasteiger partial charge in [-0.3, -0.25) is 4.57 Å². The fourth-order valence-corrected chi connectivity index (χ4v) is 5.94. The van der Waals surface area contributed by atoms with Crippen molar-refractivity contribution in [2.75, 3.05) is 19.8 Å². The first kappa shape index (κ1) is 30.1. The molecule has 0 spiro atoms. The van der Waals surface area contributed by atoms with Gasteiger partial charge in [-0.05, 0) is 79.3 Å². The number of β-amino-alcohol motifs (C(OH)–C–C–N with tert-alkyl or cyclic N) is 1. The molecule has 7 heteroatoms. The van der Waals surface area contributed by atoms with E-state index in [1.807, 2.05) is 43.3 Å². The molecule has 0 amide bonds. The third-order valence-electron chi connectivity index (χ3n) is 7.02. The Hall–Kier alpha value is -2.83. The molecule has 4 aromatic rings. The predicted molar refractivity (Wildman–Crippen MR) is 163 cm³/mol. The Morgan fingerprint density at radius 2 is 1.60 bits per heavy atom. The summed E-state index contributed by atoms with van der Waals surface area (Å²) in [4.78, 5) is 10.1. The van der Waals surface area contributed by atoms with Crippen LogP contribution in [0.1, 0.15) is 44.9 Å². The maximum atomic E-state index is 12.3. The van der Waals surface area contributed by atoms with Gasteiger partial charge in [0, 0.05) is 12.1 Å². The van der Waals surface area contributed by atoms with Crippen LogP contribution in [0.25, 0.3) is 21.9 Å². The van der Waals surface area contributed by atoms with Crippen molar-refractivity contribution in [1.29, 1.82) is 0 Å². The van der Waals surface area contributed by atoms with Gasteiger partial charge < -0.3 is 24.6 Å². The highest BCUT2D eigenvalue weighted by Gasteiger charge is 2.23. The lowest BCUT2D eigenvalue weighted by Gasteiger charge is -2.28. The molecule has 2 unspecified atom stereocenters. The van der Waals surface area contributed by atoms with Crippen LogP contribution in [0.15, 0.2) is 91.0 Å². The largest absolute Gasteiger partial charge is 0.389 e. The van der Waals surface area contributed by atoms with E-state index in [9.17, 15) is 14.6 Å². The first-order chi connectivity index (χ1) is 19.1. The number of ether oxygens (including phenoxy) is 1. The first-order valence-corrected chi connectivity index (χ1v) is 15.4. The zero-order valence-corrected chi connectivity index (χ0v) is 24.6. The lowest BCUT2D eigenvalue weighted by molar-refractivity contribution is -0.00397. The van der Waals surface area contributed by atoms with Gasteiger partial charge in [-0.2, -0.15) is 0 Å². The normalized spacial score (nSPS) is 15.1. The minimum absolute atomic E-state index is 0.163. The van der Waals surface area contributed by atoms with Gasteiger partial charge in [0.2, 0.25) is 0 Å². The van der Waals surface area contributed by atoms with E-state index in [4.69, 9.17) is 9.26 Å². The third kappa shape index (κ3) is 7.88. The quantitative estimate of drug-likeness (QED) is 0.164. The van der Waals surface area contributed by atoms with Crippen molar-refractivity contribution in [3.63, 3.8) is 0 Å². The van der Waals surface area contributed by atoms with E-state index >= 15 is 0 Å². The van der Waals surface area contributed by atoms with Crippen LogP contribution in [0.2, 0.25) is 0 Å². The fraction of sp³-hybridized carbons (Fsp3) is 0.333. The summed E-state index contributed by atoms with van der Waals surface area (Å²) in [6.07, 6.45) is -0.0878. The van der Waals surface area contributed by atoms with E-state index in [0.717, 1.165) is 23.1 Å². The number of benzene rings is 4. The van der Waals surface area contributed by atoms with E-state index < -0.39 is 13.7 Å². The van der Waals surface area contributed by atoms with Gasteiger partial charge in [0.05, 0.1) is 30.7 Å². The van der Waals surface area contributed by atoms with Crippen LogP contribution in [-0.4, -0.2) is 41.4 Å². The molecule has 212 valence electrons. The fourth-order valence-electron chi connectivity index (χ4n) is 4.91. The molecule has 3 N–H and O–H groups in total. The van der Waals surface area contributed by atoms with Gasteiger partial charge in [-0.1, -0.05) is 78.9 Å². The molecule has 0 aliphatic heterocycles. The highest BCUT2D eigenvalue weighted by atomic mass is 31.2. The third-order valence-corrected chi connectivity index (χ3v) is 8.58. The topological polar surface area (TPSA) is 88.0 Å². The number of hydrogen-bond acceptors (Lipinski definition) is 5. The number of nitrogens with one attached hydrogen (secondary N) is 1. The lowest BCUT2D eigenvalue weighted by Crippen LogP contribution is -2.46. The summed E-state index contributed by atoms with van der Waals surface area (Å²) in [5.74, 6) is 0. The second kappa shape index (κ2) is 13.2. The highest BCUT2D eigenvalue weighted by molar-refractivity contribution is 7.61. The molecule has 0 heterocycles. The Balaban J connectivity index is 1.33. The van der Waals surface area contributed by atoms with Crippen LogP contribution in [0.5, 0.6) is 0 Å². The van der Waals surface area contributed by atoms with Crippen LogP contribution in [-0.2, 0) is 20.2 Å². The van der Waals surface area contributed by atoms with E-state index in [1.54, 1.807) is 19.1 Å². The van der Waals surface area contributed by atoms with E-state index in [1.165, 1.54) is 16.3 Å². The van der Waals surface area contributed by atoms with E-state index in [2.05, 4.69) is 61.6 Å². The summed E-state index contributed by atoms with van der Waals surface area (Å²) in [6, 6.07) is 29.7. The van der Waals surface area contributed by atoms with Crippen molar-refractivity contribution >= 4 is 23.7 Å². The number of aliphatic hydroxyl groups is 1. The molecule has 0 aromatic heterocycles. The van der Waals surface area contributed by atoms with Crippen molar-refractivity contribution in [1.82, 2.24) is 5.32 Å². The summed E-state index contributed by atoms with van der Waals surface area (Å²) in [5.41, 5.74) is 3.90. The van der Waals surface area contributed by atoms with Crippen molar-refractivity contribution < 1.29 is 23.8 Å². The first-order valence-electron chi connectivity index (χ1n) is 13.8. The predicted octanol–water partition coefficient (Wildman–Crippen LogP) is 6.40. The molecular formula is C33H40NO5P. The Morgan fingerprint density at radius 1 is 0.925 bits per heavy atom. The smallest absolute Gasteiger partial charge is 0.358 e. The van der Waals surface area contributed by atoms with E-state index in [0.29, 0.717) is 6.54 Å². The van der Waals surface area contributed by atoms with Crippen LogP contribution in [0.3, 0.4) is 0 Å². The lowest BCUT2D eigenvalue weighted by atomic mass is 9.93. The average molecular weight is 562 g/mol. The van der Waals surface area contributed by atoms with Gasteiger partial charge in [-0.25, -0.2) is 0 Å². The zero-order valence-electron chi connectivity index (χ0n) is 23.7. The zero-order chi connectivity index (χ0) is 28.8. The van der Waals surface area contributed by atoms with E-state index in [-0.39, 0.29) is 30.2 Å². The standard InChI is InChI=1S/C33H40NO5P/c1-5-39-40(36,37)30-18-16-27(17-19-30)32-13-9-8-12-31(32)24(2)38-23-29(35)22-34-33(3,4)21-25-14-15-26-10-6-7-11-28(26)20-25/h6-20,24,29,34-35H,5,21-23H2,1-4H3,(H,36,37)/t24?,29-/m1/s1. The van der Waals surface area contributed by atoms with Gasteiger partial charge in [0.15, 0.2) is 0 Å². The average Bonchev–Trinajstić information content (AvgIpc) is 2.94. The molecule has 4 rings (SSSR count). The molecule has 40 heavy (non-hydrogen) atoms. The summed E-state index contributed by atoms with van der Waals surface area (Å²) in [7, 11) is -3.82. The summed E-state index contributed by atoms with van der Waals surface area (Å²) < 4.78 is 23.5. The van der Waals surface area contributed by atoms with Crippen LogP contribution in [0.4, 0.5) is 0 Å². The second-order valence-electron chi connectivity index (χ2n) is 10.8. The number of aliphatic hydroxyl groups excluding tert-OH is 1. The van der Waals surface area contributed by atoms with Crippen LogP contribution in [0, 0.1) is 0 Å². The van der Waals surface area contributed by atoms with Crippen LogP contribution >= 0.6 is 7.60 Å². The molecule has 0 radical (unpaired) electrons. The molecule has 6 nitrogen and oxygen atoms in total. The molecule has 0 aliphatic carbocycles. The maximum Gasteiger partial charge on any atom is 0.358 e. The van der Waals surface area contributed by atoms with Gasteiger partial charge in [0.1, 0.15) is 0 Å². The Labute approximate surface area is 237 Å². The Morgan fingerprint density at radius 3 is 2.33 bits per heavy atom. The second-order valence-corrected chi connectivity index (χ2v) is 12.6. The summed E-state index contributed by atoms with van der Waals surface area (Å²) >= 11 is 0. The van der Waals surface area contributed by atoms with Gasteiger partial charge in [0.25, 0.3) is 0 Å². The van der Waals surface area contributed by atoms with Crippen molar-refractivity contribution in [3.05, 3.63) is 102 Å². The monoisotopic (exact) mass is 561 g/mol. The Bertz CT molecular complexity index is 1450. The van der Waals surface area contributed by atoms with Crippen molar-refractivity contribution in [2.24, 2.45) is 0 Å². The van der Waals surface area contributed by atoms with Gasteiger partial charge in [-0.15, -0.1) is 0 Å². The number of rotatable bonds is 13. The number of fused-ring (bicyclic) bond motifs is 1. The SMILES string of the molecule is CCOP(=O)(O)c1ccc(-c2ccccc2C(C)OC[C@H](O)CNC(C)(C)Cc2ccc3ccccc3c2)cc1. The minimum Gasteiger partial charge on any atom is -0.389 e.